The summed E-state index contributed by atoms with van der Waals surface area (Å²) in [6, 6.07) is 6.65. The molecule has 1 aromatic rings. The molecule has 1 rings (SSSR count). The van der Waals surface area contributed by atoms with Crippen LogP contribution in [0.2, 0.25) is 0 Å². The SMILES string of the molecule is Ic1c[c]cc(I)n1. The maximum Gasteiger partial charge on any atom is 0.103 e. The zero-order valence-electron chi connectivity index (χ0n) is 3.86. The monoisotopic (exact) mass is 330 g/mol. The summed E-state index contributed by atoms with van der Waals surface area (Å²) in [6.45, 7) is 0. The van der Waals surface area contributed by atoms with Gasteiger partial charge < -0.3 is 0 Å². The van der Waals surface area contributed by atoms with Gasteiger partial charge in [-0.3, -0.25) is 0 Å². The first kappa shape index (κ1) is 6.73. The summed E-state index contributed by atoms with van der Waals surface area (Å²) < 4.78 is 1.99. The molecule has 0 unspecified atom stereocenters. The second-order valence-corrected chi connectivity index (χ2v) is 3.42. The Hall–Kier alpha value is 0.610. The van der Waals surface area contributed by atoms with Crippen molar-refractivity contribution in [3.05, 3.63) is 25.6 Å². The van der Waals surface area contributed by atoms with Crippen LogP contribution in [0.1, 0.15) is 0 Å². The quantitative estimate of drug-likeness (QED) is 0.524. The van der Waals surface area contributed by atoms with Gasteiger partial charge in [0.25, 0.3) is 0 Å². The lowest BCUT2D eigenvalue weighted by Gasteiger charge is -1.86. The average molecular weight is 330 g/mol. The Labute approximate surface area is 75.2 Å². The van der Waals surface area contributed by atoms with E-state index in [1.165, 1.54) is 0 Å². The van der Waals surface area contributed by atoms with Crippen LogP contribution in [0, 0.1) is 13.5 Å². The number of aromatic nitrogens is 1. The number of pyridine rings is 1. The summed E-state index contributed by atoms with van der Waals surface area (Å²) in [6.07, 6.45) is 0. The smallest absolute Gasteiger partial charge is 0.103 e. The maximum absolute atomic E-state index is 4.12. The number of hydrogen-bond acceptors (Lipinski definition) is 1. The third-order valence-corrected chi connectivity index (χ3v) is 1.72. The summed E-state index contributed by atoms with van der Waals surface area (Å²) in [4.78, 5) is 4.12. The predicted octanol–water partition coefficient (Wildman–Crippen LogP) is 2.09. The topological polar surface area (TPSA) is 12.9 Å². The Morgan fingerprint density at radius 1 is 1.25 bits per heavy atom. The second kappa shape index (κ2) is 2.95. The third-order valence-electron chi connectivity index (χ3n) is 0.618. The van der Waals surface area contributed by atoms with Crippen LogP contribution in [-0.4, -0.2) is 4.98 Å². The van der Waals surface area contributed by atoms with Crippen LogP contribution in [0.4, 0.5) is 0 Å². The van der Waals surface area contributed by atoms with Gasteiger partial charge in [-0.05, 0) is 63.4 Å². The lowest BCUT2D eigenvalue weighted by Crippen LogP contribution is -1.80. The molecule has 0 spiro atoms. The van der Waals surface area contributed by atoms with Crippen LogP contribution in [0.25, 0.3) is 0 Å². The van der Waals surface area contributed by atoms with E-state index < -0.39 is 0 Å². The lowest BCUT2D eigenvalue weighted by molar-refractivity contribution is 1.22. The first-order valence-electron chi connectivity index (χ1n) is 1.98. The van der Waals surface area contributed by atoms with Gasteiger partial charge in [-0.2, -0.15) is 0 Å². The minimum atomic E-state index is 0.995. The summed E-state index contributed by atoms with van der Waals surface area (Å²) in [5.74, 6) is 0. The summed E-state index contributed by atoms with van der Waals surface area (Å²) in [7, 11) is 0. The highest BCUT2D eigenvalue weighted by atomic mass is 127. The Balaban J connectivity index is 3.08. The molecule has 0 bridgehead atoms. The highest BCUT2D eigenvalue weighted by Gasteiger charge is 1.86. The molecule has 0 atom stereocenters. The molecule has 1 radical (unpaired) electrons. The van der Waals surface area contributed by atoms with Gasteiger partial charge in [0.1, 0.15) is 7.40 Å². The fraction of sp³-hybridized carbons (Fsp3) is 0. The standard InChI is InChI=1S/C5H2I2N/c6-4-2-1-3-5(7)8-4/h2-3H. The molecule has 1 aromatic heterocycles. The Bertz CT molecular complexity index is 170. The van der Waals surface area contributed by atoms with Crippen molar-refractivity contribution < 1.29 is 0 Å². The average Bonchev–Trinajstić information content (AvgIpc) is 1.64. The molecule has 8 heavy (non-hydrogen) atoms. The number of hydrogen-bond donors (Lipinski definition) is 0. The summed E-state index contributed by atoms with van der Waals surface area (Å²) >= 11 is 4.32. The van der Waals surface area contributed by atoms with Gasteiger partial charge in [-0.1, -0.05) is 0 Å². The van der Waals surface area contributed by atoms with Crippen LogP contribution >= 0.6 is 45.2 Å². The summed E-state index contributed by atoms with van der Waals surface area (Å²) in [5.41, 5.74) is 0. The van der Waals surface area contributed by atoms with Crippen LogP contribution in [0.15, 0.2) is 12.1 Å². The van der Waals surface area contributed by atoms with Gasteiger partial charge in [0.2, 0.25) is 0 Å². The lowest BCUT2D eigenvalue weighted by atomic mass is 10.5. The molecule has 3 heteroatoms. The van der Waals surface area contributed by atoms with Crippen molar-refractivity contribution in [1.29, 1.82) is 0 Å². The van der Waals surface area contributed by atoms with E-state index in [9.17, 15) is 0 Å². The van der Waals surface area contributed by atoms with Crippen LogP contribution in [0.3, 0.4) is 0 Å². The fourth-order valence-electron chi connectivity index (χ4n) is 0.346. The van der Waals surface area contributed by atoms with Crippen molar-refractivity contribution in [2.45, 2.75) is 0 Å². The molecule has 0 fully saturated rings. The van der Waals surface area contributed by atoms with Gasteiger partial charge in [0.05, 0.1) is 0 Å². The normalized spacial score (nSPS) is 9.25. The van der Waals surface area contributed by atoms with E-state index in [-0.39, 0.29) is 0 Å². The molecule has 0 saturated heterocycles. The first-order chi connectivity index (χ1) is 3.79. The second-order valence-electron chi connectivity index (χ2n) is 1.21. The minimum absolute atomic E-state index is 0.995. The molecule has 0 aliphatic carbocycles. The molecule has 1 heterocycles. The van der Waals surface area contributed by atoms with Gasteiger partial charge in [-0.15, -0.1) is 0 Å². The first-order valence-corrected chi connectivity index (χ1v) is 4.14. The van der Waals surface area contributed by atoms with Crippen molar-refractivity contribution in [2.75, 3.05) is 0 Å². The molecule has 41 valence electrons. The van der Waals surface area contributed by atoms with Gasteiger partial charge in [0, 0.05) is 0 Å². The molecule has 0 saturated carbocycles. The van der Waals surface area contributed by atoms with Crippen molar-refractivity contribution in [3.8, 4) is 0 Å². The van der Waals surface area contributed by atoms with Crippen LogP contribution in [-0.2, 0) is 0 Å². The maximum atomic E-state index is 4.12. The van der Waals surface area contributed by atoms with Gasteiger partial charge >= 0.3 is 0 Å². The molecule has 0 aliphatic rings. The molecule has 0 aliphatic heterocycles. The Kier molecular flexibility index (Phi) is 2.48. The largest absolute Gasteiger partial charge is 0.236 e. The third kappa shape index (κ3) is 1.85. The zero-order valence-corrected chi connectivity index (χ0v) is 8.17. The van der Waals surface area contributed by atoms with Gasteiger partial charge in [-0.25, -0.2) is 4.98 Å². The Morgan fingerprint density at radius 3 is 2.00 bits per heavy atom. The minimum Gasteiger partial charge on any atom is -0.236 e. The van der Waals surface area contributed by atoms with E-state index in [1.807, 2.05) is 12.1 Å². The van der Waals surface area contributed by atoms with E-state index in [2.05, 4.69) is 56.2 Å². The van der Waals surface area contributed by atoms with E-state index in [1.54, 1.807) is 0 Å². The highest BCUT2D eigenvalue weighted by molar-refractivity contribution is 14.1. The van der Waals surface area contributed by atoms with Crippen molar-refractivity contribution in [1.82, 2.24) is 4.98 Å². The van der Waals surface area contributed by atoms with Crippen molar-refractivity contribution in [2.24, 2.45) is 0 Å². The predicted molar refractivity (Wildman–Crippen MR) is 48.5 cm³/mol. The fourth-order valence-corrected chi connectivity index (χ4v) is 1.69. The number of nitrogens with zero attached hydrogens (tertiary/aromatic N) is 1. The Morgan fingerprint density at radius 2 is 1.75 bits per heavy atom. The van der Waals surface area contributed by atoms with Gasteiger partial charge in [0.15, 0.2) is 0 Å². The molecule has 0 N–H and O–H groups in total. The van der Waals surface area contributed by atoms with Crippen molar-refractivity contribution in [3.63, 3.8) is 0 Å². The van der Waals surface area contributed by atoms with E-state index >= 15 is 0 Å². The highest BCUT2D eigenvalue weighted by Crippen LogP contribution is 2.02. The van der Waals surface area contributed by atoms with E-state index in [0.717, 1.165) is 7.40 Å². The van der Waals surface area contributed by atoms with Crippen LogP contribution < -0.4 is 0 Å². The molecule has 1 nitrogen and oxygen atoms in total. The molecule has 0 aromatic carbocycles. The van der Waals surface area contributed by atoms with E-state index in [0.29, 0.717) is 0 Å². The van der Waals surface area contributed by atoms with Crippen LogP contribution in [0.5, 0.6) is 0 Å². The number of halogens is 2. The molecular formula is C5H2I2N. The zero-order chi connectivity index (χ0) is 5.98. The van der Waals surface area contributed by atoms with Crippen molar-refractivity contribution >= 4 is 45.2 Å². The molecule has 0 amide bonds. The number of rotatable bonds is 0. The molecular weight excluding hydrogens is 328 g/mol. The van der Waals surface area contributed by atoms with E-state index in [4.69, 9.17) is 0 Å². The summed E-state index contributed by atoms with van der Waals surface area (Å²) in [5, 5.41) is 0.